The van der Waals surface area contributed by atoms with Crippen molar-refractivity contribution in [1.82, 2.24) is 0 Å². The molecule has 0 saturated heterocycles. The van der Waals surface area contributed by atoms with Crippen LogP contribution in [0.25, 0.3) is 11.1 Å². The van der Waals surface area contributed by atoms with Crippen molar-refractivity contribution in [2.45, 2.75) is 6.67 Å². The first-order valence-corrected chi connectivity index (χ1v) is 5.61. The highest BCUT2D eigenvalue weighted by Gasteiger charge is 2.09. The third-order valence-corrected chi connectivity index (χ3v) is 2.87. The second-order valence-electron chi connectivity index (χ2n) is 3.41. The highest BCUT2D eigenvalue weighted by molar-refractivity contribution is 9.10. The van der Waals surface area contributed by atoms with Gasteiger partial charge in [0.2, 0.25) is 0 Å². The lowest BCUT2D eigenvalue weighted by atomic mass is 10.00. The molecule has 0 aliphatic rings. The topological polar surface area (TPSA) is 0 Å². The van der Waals surface area contributed by atoms with Gasteiger partial charge in [-0.2, -0.15) is 0 Å². The van der Waals surface area contributed by atoms with Crippen LogP contribution in [0.2, 0.25) is 0 Å². The Kier molecular flexibility index (Phi) is 3.34. The Balaban J connectivity index is 2.60. The van der Waals surface area contributed by atoms with E-state index in [9.17, 15) is 8.78 Å². The van der Waals surface area contributed by atoms with Crippen LogP contribution in [0.15, 0.2) is 46.9 Å². The van der Waals surface area contributed by atoms with Gasteiger partial charge in [-0.15, -0.1) is 0 Å². The SMILES string of the molecule is FCc1cc(Br)ccc1-c1ccccc1F. The third-order valence-electron chi connectivity index (χ3n) is 2.38. The van der Waals surface area contributed by atoms with Crippen LogP contribution >= 0.6 is 15.9 Å². The van der Waals surface area contributed by atoms with E-state index in [1.54, 1.807) is 36.4 Å². The summed E-state index contributed by atoms with van der Waals surface area (Å²) in [6, 6.07) is 11.5. The lowest BCUT2D eigenvalue weighted by Crippen LogP contribution is -1.90. The molecule has 16 heavy (non-hydrogen) atoms. The van der Waals surface area contributed by atoms with Crippen LogP contribution < -0.4 is 0 Å². The molecule has 0 saturated carbocycles. The number of hydrogen-bond donors (Lipinski definition) is 0. The van der Waals surface area contributed by atoms with E-state index in [1.807, 2.05) is 0 Å². The largest absolute Gasteiger partial charge is 0.246 e. The Hall–Kier alpha value is -1.22. The molecule has 3 heteroatoms. The van der Waals surface area contributed by atoms with E-state index in [4.69, 9.17) is 0 Å². The molecule has 0 amide bonds. The van der Waals surface area contributed by atoms with Gasteiger partial charge in [0.15, 0.2) is 0 Å². The maximum atomic E-state index is 13.6. The molecule has 0 aromatic heterocycles. The molecule has 0 bridgehead atoms. The van der Waals surface area contributed by atoms with E-state index in [2.05, 4.69) is 15.9 Å². The smallest absolute Gasteiger partial charge is 0.131 e. The predicted molar refractivity (Wildman–Crippen MR) is 64.3 cm³/mol. The van der Waals surface area contributed by atoms with Crippen LogP contribution in [0, 0.1) is 5.82 Å². The number of rotatable bonds is 2. The van der Waals surface area contributed by atoms with Gasteiger partial charge >= 0.3 is 0 Å². The zero-order valence-corrected chi connectivity index (χ0v) is 9.97. The van der Waals surface area contributed by atoms with Crippen LogP contribution in [-0.4, -0.2) is 0 Å². The summed E-state index contributed by atoms with van der Waals surface area (Å²) < 4.78 is 27.2. The molecule has 0 aliphatic carbocycles. The van der Waals surface area contributed by atoms with Crippen molar-refractivity contribution >= 4 is 15.9 Å². The van der Waals surface area contributed by atoms with Gasteiger partial charge in [-0.25, -0.2) is 8.78 Å². The molecule has 0 heterocycles. The number of hydrogen-bond acceptors (Lipinski definition) is 0. The molecule has 0 nitrogen and oxygen atoms in total. The van der Waals surface area contributed by atoms with Crippen molar-refractivity contribution < 1.29 is 8.78 Å². The van der Waals surface area contributed by atoms with Gasteiger partial charge in [0.05, 0.1) is 0 Å². The van der Waals surface area contributed by atoms with Crippen molar-refractivity contribution in [3.05, 3.63) is 58.3 Å². The first-order valence-electron chi connectivity index (χ1n) is 4.81. The van der Waals surface area contributed by atoms with Crippen molar-refractivity contribution in [1.29, 1.82) is 0 Å². The highest BCUT2D eigenvalue weighted by Crippen LogP contribution is 2.29. The summed E-state index contributed by atoms with van der Waals surface area (Å²) in [4.78, 5) is 0. The average Bonchev–Trinajstić information content (AvgIpc) is 2.30. The first kappa shape index (κ1) is 11.3. The molecule has 0 spiro atoms. The monoisotopic (exact) mass is 282 g/mol. The Labute approximate surface area is 101 Å². The van der Waals surface area contributed by atoms with Crippen molar-refractivity contribution in [2.24, 2.45) is 0 Å². The Bertz CT molecular complexity index is 509. The molecule has 2 aromatic rings. The molecular weight excluding hydrogens is 274 g/mol. The number of alkyl halides is 1. The maximum Gasteiger partial charge on any atom is 0.131 e. The molecule has 0 atom stereocenters. The lowest BCUT2D eigenvalue weighted by molar-refractivity contribution is 0.486. The molecule has 0 aliphatic heterocycles. The fourth-order valence-corrected chi connectivity index (χ4v) is 2.02. The van der Waals surface area contributed by atoms with Crippen molar-refractivity contribution in [3.63, 3.8) is 0 Å². The van der Waals surface area contributed by atoms with Gasteiger partial charge in [-0.05, 0) is 29.3 Å². The highest BCUT2D eigenvalue weighted by atomic mass is 79.9. The average molecular weight is 283 g/mol. The second-order valence-corrected chi connectivity index (χ2v) is 4.33. The van der Waals surface area contributed by atoms with E-state index < -0.39 is 6.67 Å². The zero-order chi connectivity index (χ0) is 11.5. The Morgan fingerprint density at radius 2 is 1.75 bits per heavy atom. The lowest BCUT2D eigenvalue weighted by Gasteiger charge is -2.08. The fraction of sp³-hybridized carbons (Fsp3) is 0.0769. The van der Waals surface area contributed by atoms with Crippen LogP contribution in [-0.2, 0) is 6.67 Å². The molecule has 0 fully saturated rings. The molecule has 0 radical (unpaired) electrons. The summed E-state index contributed by atoms with van der Waals surface area (Å²) in [6.07, 6.45) is 0. The molecule has 2 aromatic carbocycles. The van der Waals surface area contributed by atoms with E-state index in [0.717, 1.165) is 4.47 Å². The summed E-state index contributed by atoms with van der Waals surface area (Å²) in [5, 5.41) is 0. The maximum absolute atomic E-state index is 13.6. The van der Waals surface area contributed by atoms with Crippen molar-refractivity contribution in [2.75, 3.05) is 0 Å². The minimum Gasteiger partial charge on any atom is -0.246 e. The quantitative estimate of drug-likeness (QED) is 0.747. The summed E-state index contributed by atoms with van der Waals surface area (Å²) in [7, 11) is 0. The van der Waals surface area contributed by atoms with Crippen LogP contribution in [0.4, 0.5) is 8.78 Å². The molecule has 82 valence electrons. The molecule has 2 rings (SSSR count). The van der Waals surface area contributed by atoms with Gasteiger partial charge in [0.25, 0.3) is 0 Å². The van der Waals surface area contributed by atoms with Gasteiger partial charge in [-0.3, -0.25) is 0 Å². The van der Waals surface area contributed by atoms with Gasteiger partial charge < -0.3 is 0 Å². The van der Waals surface area contributed by atoms with Gasteiger partial charge in [0, 0.05) is 10.0 Å². The van der Waals surface area contributed by atoms with Crippen molar-refractivity contribution in [3.8, 4) is 11.1 Å². The fourth-order valence-electron chi connectivity index (χ4n) is 1.62. The minimum absolute atomic E-state index is 0.334. The Morgan fingerprint density at radius 1 is 1.00 bits per heavy atom. The predicted octanol–water partition coefficient (Wildman–Crippen LogP) is 4.72. The van der Waals surface area contributed by atoms with E-state index >= 15 is 0 Å². The van der Waals surface area contributed by atoms with Gasteiger partial charge in [0.1, 0.15) is 12.5 Å². The summed E-state index contributed by atoms with van der Waals surface area (Å²) in [6.45, 7) is -0.608. The van der Waals surface area contributed by atoms with Gasteiger partial charge in [-0.1, -0.05) is 40.2 Å². The van der Waals surface area contributed by atoms with E-state index in [1.165, 1.54) is 6.07 Å². The minimum atomic E-state index is -0.608. The number of halogens is 3. The summed E-state index contributed by atoms with van der Waals surface area (Å²) in [5.74, 6) is -0.334. The van der Waals surface area contributed by atoms with E-state index in [0.29, 0.717) is 16.7 Å². The third kappa shape index (κ3) is 2.14. The van der Waals surface area contributed by atoms with Crippen LogP contribution in [0.3, 0.4) is 0 Å². The normalized spacial score (nSPS) is 10.4. The summed E-state index contributed by atoms with van der Waals surface area (Å²) >= 11 is 3.27. The first-order chi connectivity index (χ1) is 7.72. The number of benzene rings is 2. The summed E-state index contributed by atoms with van der Waals surface area (Å²) in [5.41, 5.74) is 1.52. The second kappa shape index (κ2) is 4.74. The molecule has 0 unspecified atom stereocenters. The van der Waals surface area contributed by atoms with Crippen LogP contribution in [0.1, 0.15) is 5.56 Å². The molecular formula is C13H9BrF2. The molecule has 0 N–H and O–H groups in total. The Morgan fingerprint density at radius 3 is 2.44 bits per heavy atom. The van der Waals surface area contributed by atoms with E-state index in [-0.39, 0.29) is 5.82 Å². The zero-order valence-electron chi connectivity index (χ0n) is 8.38. The standard InChI is InChI=1S/C13H9BrF2/c14-10-5-6-11(9(7-10)8-15)12-3-1-2-4-13(12)16/h1-7H,8H2. The van der Waals surface area contributed by atoms with Crippen LogP contribution in [0.5, 0.6) is 0 Å².